The molecule has 0 saturated carbocycles. The van der Waals surface area contributed by atoms with Crippen LogP contribution in [0, 0.1) is 13.8 Å². The summed E-state index contributed by atoms with van der Waals surface area (Å²) in [6.07, 6.45) is 1.29. The Labute approximate surface area is 112 Å². The Morgan fingerprint density at radius 1 is 1.32 bits per heavy atom. The van der Waals surface area contributed by atoms with Crippen LogP contribution in [0.4, 0.5) is 4.79 Å². The van der Waals surface area contributed by atoms with Gasteiger partial charge in [0.15, 0.2) is 0 Å². The van der Waals surface area contributed by atoms with E-state index in [1.807, 2.05) is 38.1 Å². The number of aryl methyl sites for hydroxylation is 2. The van der Waals surface area contributed by atoms with Gasteiger partial charge in [0, 0.05) is 5.56 Å². The van der Waals surface area contributed by atoms with Gasteiger partial charge in [0.2, 0.25) is 0 Å². The number of imidazole rings is 1. The fourth-order valence-corrected chi connectivity index (χ4v) is 1.71. The number of amides is 1. The zero-order chi connectivity index (χ0) is 13.8. The summed E-state index contributed by atoms with van der Waals surface area (Å²) < 4.78 is 6.40. The highest BCUT2D eigenvalue weighted by Crippen LogP contribution is 2.18. The van der Waals surface area contributed by atoms with Gasteiger partial charge in [-0.05, 0) is 20.8 Å². The Morgan fingerprint density at radius 3 is 2.63 bits per heavy atom. The molecule has 1 heterocycles. The second-order valence-corrected chi connectivity index (χ2v) is 4.24. The van der Waals surface area contributed by atoms with Gasteiger partial charge < -0.3 is 4.74 Å². The van der Waals surface area contributed by atoms with Crippen LogP contribution in [0.5, 0.6) is 0 Å². The van der Waals surface area contributed by atoms with Gasteiger partial charge in [0.05, 0.1) is 18.5 Å². The fourth-order valence-electron chi connectivity index (χ4n) is 1.71. The highest BCUT2D eigenvalue weighted by molar-refractivity contribution is 5.76. The predicted octanol–water partition coefficient (Wildman–Crippen LogP) is 2.87. The van der Waals surface area contributed by atoms with Gasteiger partial charge in [0.25, 0.3) is 0 Å². The van der Waals surface area contributed by atoms with E-state index < -0.39 is 6.09 Å². The van der Waals surface area contributed by atoms with Crippen LogP contribution >= 0.6 is 0 Å². The fraction of sp³-hybridized carbons (Fsp3) is 0.286. The van der Waals surface area contributed by atoms with E-state index in [2.05, 4.69) is 10.4 Å². The third kappa shape index (κ3) is 3.13. The van der Waals surface area contributed by atoms with E-state index in [4.69, 9.17) is 4.74 Å². The number of carbonyl (C=O) groups is 1. The second kappa shape index (κ2) is 5.56. The monoisotopic (exact) mass is 259 g/mol. The summed E-state index contributed by atoms with van der Waals surface area (Å²) >= 11 is 0. The highest BCUT2D eigenvalue weighted by Gasteiger charge is 2.09. The summed E-state index contributed by atoms with van der Waals surface area (Å²) in [5.41, 5.74) is 5.63. The number of rotatable bonds is 3. The minimum Gasteiger partial charge on any atom is -0.449 e. The molecule has 1 N–H and O–H groups in total. The van der Waals surface area contributed by atoms with Crippen molar-refractivity contribution in [1.29, 1.82) is 0 Å². The molecular formula is C14H17N3O2. The first-order chi connectivity index (χ1) is 9.10. The number of hydrogen-bond acceptors (Lipinski definition) is 3. The van der Waals surface area contributed by atoms with Gasteiger partial charge in [-0.3, -0.25) is 0 Å². The predicted molar refractivity (Wildman–Crippen MR) is 73.5 cm³/mol. The normalized spacial score (nSPS) is 10.3. The smallest absolute Gasteiger partial charge is 0.426 e. The molecule has 2 rings (SSSR count). The Kier molecular flexibility index (Phi) is 3.85. The molecule has 0 saturated heterocycles. The zero-order valence-electron chi connectivity index (χ0n) is 11.3. The van der Waals surface area contributed by atoms with Crippen molar-refractivity contribution in [3.05, 3.63) is 41.9 Å². The van der Waals surface area contributed by atoms with Gasteiger partial charge in [0.1, 0.15) is 5.82 Å². The Hall–Kier alpha value is -2.30. The summed E-state index contributed by atoms with van der Waals surface area (Å²) in [5.74, 6) is 0.698. The van der Waals surface area contributed by atoms with Crippen LogP contribution in [-0.2, 0) is 4.74 Å². The number of nitrogens with one attached hydrogen (secondary N) is 1. The first kappa shape index (κ1) is 13.1. The number of aromatic nitrogens is 2. The summed E-state index contributed by atoms with van der Waals surface area (Å²) in [4.78, 5) is 15.8. The van der Waals surface area contributed by atoms with E-state index in [9.17, 15) is 4.79 Å². The van der Waals surface area contributed by atoms with E-state index in [-0.39, 0.29) is 0 Å². The summed E-state index contributed by atoms with van der Waals surface area (Å²) in [6, 6.07) is 8.07. The maximum absolute atomic E-state index is 11.4. The van der Waals surface area contributed by atoms with E-state index >= 15 is 0 Å². The number of hydrogen-bond donors (Lipinski definition) is 1. The molecule has 0 unspecified atom stereocenters. The third-order valence-electron chi connectivity index (χ3n) is 2.72. The Balaban J connectivity index is 2.21. The number of ether oxygens (including phenoxy) is 1. The van der Waals surface area contributed by atoms with Crippen molar-refractivity contribution in [3.63, 3.8) is 0 Å². The molecule has 0 aliphatic heterocycles. The number of nitrogens with zero attached hydrogens (tertiary/aromatic N) is 2. The van der Waals surface area contributed by atoms with Crippen LogP contribution in [0.1, 0.15) is 18.3 Å². The molecule has 2 aromatic rings. The minimum atomic E-state index is -0.488. The van der Waals surface area contributed by atoms with E-state index in [0.717, 1.165) is 11.3 Å². The van der Waals surface area contributed by atoms with Crippen molar-refractivity contribution in [2.24, 2.45) is 0 Å². The maximum atomic E-state index is 11.4. The van der Waals surface area contributed by atoms with Gasteiger partial charge in [-0.1, -0.05) is 29.8 Å². The number of benzene rings is 1. The van der Waals surface area contributed by atoms with Crippen LogP contribution in [0.3, 0.4) is 0 Å². The van der Waals surface area contributed by atoms with Crippen molar-refractivity contribution in [2.75, 3.05) is 12.0 Å². The molecule has 0 fully saturated rings. The second-order valence-electron chi connectivity index (χ2n) is 4.24. The molecule has 0 spiro atoms. The quantitative estimate of drug-likeness (QED) is 0.922. The summed E-state index contributed by atoms with van der Waals surface area (Å²) in [5, 5.41) is 0. The molecule has 5 heteroatoms. The molecule has 1 aromatic carbocycles. The molecule has 0 radical (unpaired) electrons. The van der Waals surface area contributed by atoms with Gasteiger partial charge >= 0.3 is 6.09 Å². The molecule has 0 aliphatic carbocycles. The molecule has 100 valence electrons. The lowest BCUT2D eigenvalue weighted by Crippen LogP contribution is -2.23. The average Bonchev–Trinajstić information content (AvgIpc) is 2.72. The van der Waals surface area contributed by atoms with Crippen molar-refractivity contribution in [2.45, 2.75) is 20.8 Å². The van der Waals surface area contributed by atoms with Crippen LogP contribution in [0.2, 0.25) is 0 Å². The van der Waals surface area contributed by atoms with Gasteiger partial charge in [-0.25, -0.2) is 19.9 Å². The molecule has 1 amide bonds. The van der Waals surface area contributed by atoms with Gasteiger partial charge in [-0.15, -0.1) is 0 Å². The lowest BCUT2D eigenvalue weighted by Gasteiger charge is -2.06. The standard InChI is InChI=1S/C14H17N3O2/c1-4-19-14(18)16-17-9-13(15-11(17)3)12-7-5-10(2)6-8-12/h5-9H,4H2,1-3H3,(H,16,18). The summed E-state index contributed by atoms with van der Waals surface area (Å²) in [6.45, 7) is 5.96. The molecule has 0 aliphatic rings. The lowest BCUT2D eigenvalue weighted by molar-refractivity contribution is 0.164. The minimum absolute atomic E-state index is 0.338. The van der Waals surface area contributed by atoms with E-state index in [1.54, 1.807) is 17.8 Å². The molecule has 1 aromatic heterocycles. The van der Waals surface area contributed by atoms with Crippen molar-refractivity contribution >= 4 is 6.09 Å². The van der Waals surface area contributed by atoms with Crippen LogP contribution in [0.15, 0.2) is 30.5 Å². The largest absolute Gasteiger partial charge is 0.449 e. The summed E-state index contributed by atoms with van der Waals surface area (Å²) in [7, 11) is 0. The Morgan fingerprint density at radius 2 is 2.00 bits per heavy atom. The molecular weight excluding hydrogens is 242 g/mol. The first-order valence-electron chi connectivity index (χ1n) is 6.17. The van der Waals surface area contributed by atoms with Crippen molar-refractivity contribution < 1.29 is 9.53 Å². The molecule has 19 heavy (non-hydrogen) atoms. The highest BCUT2D eigenvalue weighted by atomic mass is 16.5. The van der Waals surface area contributed by atoms with Crippen LogP contribution in [0.25, 0.3) is 11.3 Å². The van der Waals surface area contributed by atoms with Crippen LogP contribution < -0.4 is 5.43 Å². The van der Waals surface area contributed by atoms with Gasteiger partial charge in [-0.2, -0.15) is 0 Å². The van der Waals surface area contributed by atoms with E-state index in [1.165, 1.54) is 5.56 Å². The average molecular weight is 259 g/mol. The SMILES string of the molecule is CCOC(=O)Nn1cc(-c2ccc(C)cc2)nc1C. The van der Waals surface area contributed by atoms with E-state index in [0.29, 0.717) is 12.4 Å². The van der Waals surface area contributed by atoms with Crippen LogP contribution in [-0.4, -0.2) is 22.4 Å². The molecule has 5 nitrogen and oxygen atoms in total. The van der Waals surface area contributed by atoms with Crippen molar-refractivity contribution in [1.82, 2.24) is 9.66 Å². The topological polar surface area (TPSA) is 56.1 Å². The maximum Gasteiger partial charge on any atom is 0.426 e. The van der Waals surface area contributed by atoms with Crippen molar-refractivity contribution in [3.8, 4) is 11.3 Å². The zero-order valence-corrected chi connectivity index (χ0v) is 11.3. The first-order valence-corrected chi connectivity index (χ1v) is 6.17. The molecule has 0 atom stereocenters. The Bertz CT molecular complexity index is 573. The number of carbonyl (C=O) groups excluding carboxylic acids is 1. The lowest BCUT2D eigenvalue weighted by atomic mass is 10.1. The molecule has 0 bridgehead atoms. The third-order valence-corrected chi connectivity index (χ3v) is 2.72.